The van der Waals surface area contributed by atoms with E-state index in [0.717, 1.165) is 0 Å². The summed E-state index contributed by atoms with van der Waals surface area (Å²) in [5, 5.41) is 1.11. The van der Waals surface area contributed by atoms with Crippen LogP contribution in [0.3, 0.4) is 0 Å². The molecule has 0 amide bonds. The standard InChI is InChI=1S/C23H23NO6S/c1-4-29-23(26)22(21(25)17-10-6-5-7-11-17)30-31(27,28)19-15-9-13-16-12-8-14-18(20(16)19)24(2)3/h5-15,22H,4H2,1-3H3. The van der Waals surface area contributed by atoms with Gasteiger partial charge in [0.1, 0.15) is 4.90 Å². The van der Waals surface area contributed by atoms with E-state index in [1.165, 1.54) is 18.2 Å². The van der Waals surface area contributed by atoms with Crippen molar-refractivity contribution in [2.75, 3.05) is 25.6 Å². The highest BCUT2D eigenvalue weighted by molar-refractivity contribution is 7.87. The first-order valence-corrected chi connectivity index (χ1v) is 11.1. The van der Waals surface area contributed by atoms with Crippen LogP contribution in [-0.4, -0.2) is 47.0 Å². The molecule has 3 aromatic carbocycles. The van der Waals surface area contributed by atoms with Gasteiger partial charge in [0.25, 0.3) is 10.1 Å². The molecule has 0 heterocycles. The van der Waals surface area contributed by atoms with Gasteiger partial charge in [-0.1, -0.05) is 54.6 Å². The highest BCUT2D eigenvalue weighted by atomic mass is 32.2. The molecule has 0 saturated heterocycles. The van der Waals surface area contributed by atoms with E-state index >= 15 is 0 Å². The van der Waals surface area contributed by atoms with Crippen molar-refractivity contribution in [2.45, 2.75) is 17.9 Å². The summed E-state index contributed by atoms with van der Waals surface area (Å²) in [6.07, 6.45) is -1.95. The number of ether oxygens (including phenoxy) is 1. The molecular weight excluding hydrogens is 418 g/mol. The third-order valence-electron chi connectivity index (χ3n) is 4.62. The van der Waals surface area contributed by atoms with E-state index in [4.69, 9.17) is 8.92 Å². The summed E-state index contributed by atoms with van der Waals surface area (Å²) in [6.45, 7) is 1.53. The average Bonchev–Trinajstić information content (AvgIpc) is 2.76. The van der Waals surface area contributed by atoms with E-state index < -0.39 is 28.0 Å². The smallest absolute Gasteiger partial charge is 0.345 e. The number of fused-ring (bicyclic) bond motifs is 1. The summed E-state index contributed by atoms with van der Waals surface area (Å²) in [5.41, 5.74) is 0.796. The van der Waals surface area contributed by atoms with Gasteiger partial charge in [0, 0.05) is 30.7 Å². The van der Waals surface area contributed by atoms with Crippen molar-refractivity contribution in [3.63, 3.8) is 0 Å². The topological polar surface area (TPSA) is 90.0 Å². The number of benzene rings is 3. The van der Waals surface area contributed by atoms with Gasteiger partial charge in [-0.3, -0.25) is 4.79 Å². The van der Waals surface area contributed by atoms with Gasteiger partial charge in [-0.15, -0.1) is 0 Å². The molecule has 0 aliphatic heterocycles. The van der Waals surface area contributed by atoms with Crippen molar-refractivity contribution in [1.29, 1.82) is 0 Å². The Morgan fingerprint density at radius 2 is 1.58 bits per heavy atom. The lowest BCUT2D eigenvalue weighted by molar-refractivity contribution is -0.148. The third kappa shape index (κ3) is 4.76. The molecule has 0 radical (unpaired) electrons. The zero-order valence-electron chi connectivity index (χ0n) is 17.4. The Hall–Kier alpha value is -3.23. The molecule has 3 aromatic rings. The van der Waals surface area contributed by atoms with E-state index in [-0.39, 0.29) is 17.1 Å². The number of hydrogen-bond donors (Lipinski definition) is 0. The Balaban J connectivity index is 2.10. The highest BCUT2D eigenvalue weighted by Crippen LogP contribution is 2.33. The number of rotatable bonds is 8. The lowest BCUT2D eigenvalue weighted by Crippen LogP contribution is -2.36. The Labute approximate surface area is 181 Å². The molecule has 0 spiro atoms. The normalized spacial score (nSPS) is 12.4. The first kappa shape index (κ1) is 22.5. The van der Waals surface area contributed by atoms with Crippen LogP contribution in [0.1, 0.15) is 17.3 Å². The van der Waals surface area contributed by atoms with Crippen LogP contribution in [0.5, 0.6) is 0 Å². The predicted molar refractivity (Wildman–Crippen MR) is 118 cm³/mol. The minimum atomic E-state index is -4.51. The maximum atomic E-state index is 13.3. The van der Waals surface area contributed by atoms with Crippen LogP contribution in [0.25, 0.3) is 10.8 Å². The SMILES string of the molecule is CCOC(=O)C(OS(=O)(=O)c1cccc2cccc(N(C)C)c12)C(=O)c1ccccc1. The average molecular weight is 442 g/mol. The van der Waals surface area contributed by atoms with Crippen molar-refractivity contribution >= 4 is 38.3 Å². The number of esters is 1. The molecule has 0 aliphatic rings. The fraction of sp³-hybridized carbons (Fsp3) is 0.217. The number of Topliss-reactive ketones (excluding diaryl/α,β-unsaturated/α-hetero) is 1. The second kappa shape index (κ2) is 9.28. The third-order valence-corrected chi connectivity index (χ3v) is 5.94. The van der Waals surface area contributed by atoms with Gasteiger partial charge >= 0.3 is 5.97 Å². The van der Waals surface area contributed by atoms with Crippen LogP contribution in [0, 0.1) is 0 Å². The number of nitrogens with zero attached hydrogens (tertiary/aromatic N) is 1. The minimum absolute atomic E-state index is 0.0279. The molecule has 0 saturated carbocycles. The van der Waals surface area contributed by atoms with Crippen LogP contribution in [-0.2, 0) is 23.8 Å². The van der Waals surface area contributed by atoms with Crippen LogP contribution in [0.4, 0.5) is 5.69 Å². The molecule has 1 unspecified atom stereocenters. The molecule has 1 atom stereocenters. The molecule has 8 heteroatoms. The van der Waals surface area contributed by atoms with Crippen molar-refractivity contribution in [2.24, 2.45) is 0 Å². The maximum absolute atomic E-state index is 13.3. The number of carbonyl (C=O) groups is 2. The van der Waals surface area contributed by atoms with E-state index in [1.807, 2.05) is 6.07 Å². The molecule has 0 bridgehead atoms. The van der Waals surface area contributed by atoms with Crippen LogP contribution >= 0.6 is 0 Å². The Morgan fingerprint density at radius 3 is 2.19 bits per heavy atom. The van der Waals surface area contributed by atoms with Gasteiger partial charge in [-0.2, -0.15) is 8.42 Å². The van der Waals surface area contributed by atoms with Crippen LogP contribution in [0.15, 0.2) is 71.6 Å². The van der Waals surface area contributed by atoms with Gasteiger partial charge < -0.3 is 9.64 Å². The van der Waals surface area contributed by atoms with Gasteiger partial charge in [-0.05, 0) is 24.4 Å². The highest BCUT2D eigenvalue weighted by Gasteiger charge is 2.36. The van der Waals surface area contributed by atoms with Gasteiger partial charge in [0.05, 0.1) is 6.61 Å². The molecule has 0 aliphatic carbocycles. The van der Waals surface area contributed by atoms with Gasteiger partial charge in [-0.25, -0.2) is 8.98 Å². The maximum Gasteiger partial charge on any atom is 0.345 e. The quantitative estimate of drug-likeness (QED) is 0.229. The van der Waals surface area contributed by atoms with Gasteiger partial charge in [0.2, 0.25) is 11.9 Å². The summed E-state index contributed by atoms with van der Waals surface area (Å²) in [5.74, 6) is -1.86. The lowest BCUT2D eigenvalue weighted by atomic mass is 10.1. The molecule has 162 valence electrons. The summed E-state index contributed by atoms with van der Waals surface area (Å²) >= 11 is 0. The number of carbonyl (C=O) groups excluding carboxylic acids is 2. The molecule has 0 N–H and O–H groups in total. The monoisotopic (exact) mass is 441 g/mol. The first-order valence-electron chi connectivity index (χ1n) is 9.64. The minimum Gasteiger partial charge on any atom is -0.464 e. The fourth-order valence-electron chi connectivity index (χ4n) is 3.21. The molecule has 0 aromatic heterocycles. The van der Waals surface area contributed by atoms with E-state index in [9.17, 15) is 18.0 Å². The van der Waals surface area contributed by atoms with Crippen molar-refractivity contribution in [3.05, 3.63) is 72.3 Å². The van der Waals surface area contributed by atoms with E-state index in [2.05, 4.69) is 0 Å². The lowest BCUT2D eigenvalue weighted by Gasteiger charge is -2.19. The van der Waals surface area contributed by atoms with Crippen molar-refractivity contribution in [3.8, 4) is 0 Å². The molecular formula is C23H23NO6S. The summed E-state index contributed by atoms with van der Waals surface area (Å²) < 4.78 is 36.7. The fourth-order valence-corrected chi connectivity index (χ4v) is 4.45. The zero-order chi connectivity index (χ0) is 22.6. The zero-order valence-corrected chi connectivity index (χ0v) is 18.3. The van der Waals surface area contributed by atoms with Gasteiger partial charge in [0.15, 0.2) is 0 Å². The molecule has 0 fully saturated rings. The number of anilines is 1. The van der Waals surface area contributed by atoms with Crippen LogP contribution in [0.2, 0.25) is 0 Å². The van der Waals surface area contributed by atoms with E-state index in [0.29, 0.717) is 16.5 Å². The summed E-state index contributed by atoms with van der Waals surface area (Å²) in [7, 11) is -0.925. The number of hydrogen-bond acceptors (Lipinski definition) is 7. The first-order chi connectivity index (χ1) is 14.8. The van der Waals surface area contributed by atoms with E-state index in [1.54, 1.807) is 68.4 Å². The van der Waals surface area contributed by atoms with Crippen LogP contribution < -0.4 is 4.90 Å². The largest absolute Gasteiger partial charge is 0.464 e. The molecule has 3 rings (SSSR count). The molecule has 31 heavy (non-hydrogen) atoms. The second-order valence-electron chi connectivity index (χ2n) is 6.94. The summed E-state index contributed by atoms with van der Waals surface area (Å²) in [6, 6.07) is 18.0. The number of ketones is 1. The predicted octanol–water partition coefficient (Wildman–Crippen LogP) is 3.43. The van der Waals surface area contributed by atoms with Crippen molar-refractivity contribution < 1.29 is 26.9 Å². The second-order valence-corrected chi connectivity index (χ2v) is 8.48. The van der Waals surface area contributed by atoms with Crippen molar-refractivity contribution in [1.82, 2.24) is 0 Å². The Bertz CT molecular complexity index is 1200. The Morgan fingerprint density at radius 1 is 0.935 bits per heavy atom. The Kier molecular flexibility index (Phi) is 6.72. The molecule has 7 nitrogen and oxygen atoms in total. The summed E-state index contributed by atoms with van der Waals surface area (Å²) in [4.78, 5) is 27.0.